The van der Waals surface area contributed by atoms with Gasteiger partial charge in [0.15, 0.2) is 0 Å². The molecule has 0 radical (unpaired) electrons. The maximum atomic E-state index is 9.97. The minimum absolute atomic E-state index is 0.426. The third-order valence-corrected chi connectivity index (χ3v) is 3.96. The molecule has 0 heterocycles. The number of aliphatic hydroxyl groups excluding tert-OH is 1. The Morgan fingerprint density at radius 1 is 1.33 bits per heavy atom. The Morgan fingerprint density at radius 3 is 2.60 bits per heavy atom. The molecule has 1 rings (SSSR count). The van der Waals surface area contributed by atoms with Crippen LogP contribution in [0.25, 0.3) is 0 Å². The molecule has 2 N–H and O–H groups in total. The summed E-state index contributed by atoms with van der Waals surface area (Å²) in [5, 5.41) is 13.0. The van der Waals surface area contributed by atoms with Crippen LogP contribution >= 0.6 is 23.5 Å². The van der Waals surface area contributed by atoms with E-state index in [9.17, 15) is 5.11 Å². The monoisotopic (exact) mass is 243 g/mol. The van der Waals surface area contributed by atoms with E-state index < -0.39 is 6.10 Å². The molecule has 1 atom stereocenters. The van der Waals surface area contributed by atoms with Crippen molar-refractivity contribution >= 4 is 23.5 Å². The molecule has 1 aromatic carbocycles. The van der Waals surface area contributed by atoms with Gasteiger partial charge in [0.1, 0.15) is 0 Å². The summed E-state index contributed by atoms with van der Waals surface area (Å²) < 4.78 is 0. The fraction of sp³-hybridized carbons (Fsp3) is 0.455. The summed E-state index contributed by atoms with van der Waals surface area (Å²) in [4.78, 5) is 2.42. The average molecular weight is 243 g/mol. The zero-order valence-electron chi connectivity index (χ0n) is 9.28. The first-order chi connectivity index (χ1) is 7.24. The highest BCUT2D eigenvalue weighted by atomic mass is 32.2. The van der Waals surface area contributed by atoms with Crippen molar-refractivity contribution in [1.29, 1.82) is 0 Å². The second-order valence-electron chi connectivity index (χ2n) is 3.16. The van der Waals surface area contributed by atoms with Crippen molar-refractivity contribution < 1.29 is 5.11 Å². The van der Waals surface area contributed by atoms with Crippen molar-refractivity contribution in [2.75, 3.05) is 26.1 Å². The minimum atomic E-state index is -0.426. The Balaban J connectivity index is 3.05. The molecule has 4 heteroatoms. The smallest absolute Gasteiger partial charge is 0.0925 e. The standard InChI is InChI=1S/C11H17NOS2/c1-12-7-9(13)8-5-4-6-10(14-2)11(8)15-3/h4-6,9,12-13H,7H2,1-3H3. The van der Waals surface area contributed by atoms with Gasteiger partial charge in [0.05, 0.1) is 6.10 Å². The first-order valence-corrected chi connectivity index (χ1v) is 7.23. The van der Waals surface area contributed by atoms with Crippen molar-refractivity contribution in [1.82, 2.24) is 5.32 Å². The predicted molar refractivity (Wildman–Crippen MR) is 68.9 cm³/mol. The van der Waals surface area contributed by atoms with Crippen LogP contribution in [-0.4, -0.2) is 31.2 Å². The van der Waals surface area contributed by atoms with Crippen LogP contribution in [0.2, 0.25) is 0 Å². The first kappa shape index (κ1) is 12.9. The maximum absolute atomic E-state index is 9.97. The lowest BCUT2D eigenvalue weighted by molar-refractivity contribution is 0.174. The molecule has 0 fully saturated rings. The van der Waals surface area contributed by atoms with E-state index in [1.165, 1.54) is 9.79 Å². The molecule has 1 aromatic rings. The van der Waals surface area contributed by atoms with E-state index in [-0.39, 0.29) is 0 Å². The van der Waals surface area contributed by atoms with E-state index in [0.29, 0.717) is 6.54 Å². The van der Waals surface area contributed by atoms with E-state index in [4.69, 9.17) is 0 Å². The van der Waals surface area contributed by atoms with Crippen molar-refractivity contribution in [2.45, 2.75) is 15.9 Å². The number of benzene rings is 1. The predicted octanol–water partition coefficient (Wildman–Crippen LogP) is 2.38. The number of nitrogens with one attached hydrogen (secondary N) is 1. The Hall–Kier alpha value is -0.160. The highest BCUT2D eigenvalue weighted by molar-refractivity contribution is 8.01. The van der Waals surface area contributed by atoms with Crippen molar-refractivity contribution in [3.8, 4) is 0 Å². The first-order valence-electron chi connectivity index (χ1n) is 4.78. The number of likely N-dealkylation sites (N-methyl/N-ethyl adjacent to an activating group) is 1. The largest absolute Gasteiger partial charge is 0.387 e. The summed E-state index contributed by atoms with van der Waals surface area (Å²) in [7, 11) is 1.85. The Bertz CT molecular complexity index is 317. The van der Waals surface area contributed by atoms with Crippen molar-refractivity contribution in [3.63, 3.8) is 0 Å². The Morgan fingerprint density at radius 2 is 2.07 bits per heavy atom. The number of aliphatic hydroxyl groups is 1. The van der Waals surface area contributed by atoms with Crippen LogP contribution in [0, 0.1) is 0 Å². The molecule has 0 spiro atoms. The molecule has 0 aliphatic heterocycles. The lowest BCUT2D eigenvalue weighted by atomic mass is 10.1. The third kappa shape index (κ3) is 3.14. The molecule has 84 valence electrons. The van der Waals surface area contributed by atoms with Crippen LogP contribution in [-0.2, 0) is 0 Å². The van der Waals surface area contributed by atoms with Gasteiger partial charge in [0, 0.05) is 16.3 Å². The number of hydrogen-bond acceptors (Lipinski definition) is 4. The van der Waals surface area contributed by atoms with Gasteiger partial charge in [0.2, 0.25) is 0 Å². The van der Waals surface area contributed by atoms with Crippen LogP contribution in [0.4, 0.5) is 0 Å². The van der Waals surface area contributed by atoms with Gasteiger partial charge in [0.25, 0.3) is 0 Å². The molecule has 2 nitrogen and oxygen atoms in total. The second-order valence-corrected chi connectivity index (χ2v) is 4.82. The second kappa shape index (κ2) is 6.43. The van der Waals surface area contributed by atoms with E-state index >= 15 is 0 Å². The van der Waals surface area contributed by atoms with E-state index in [2.05, 4.69) is 17.6 Å². The molecular weight excluding hydrogens is 226 g/mol. The van der Waals surface area contributed by atoms with Gasteiger partial charge in [-0.3, -0.25) is 0 Å². The highest BCUT2D eigenvalue weighted by Crippen LogP contribution is 2.34. The zero-order chi connectivity index (χ0) is 11.3. The number of rotatable bonds is 5. The minimum Gasteiger partial charge on any atom is -0.387 e. The van der Waals surface area contributed by atoms with Crippen LogP contribution < -0.4 is 5.32 Å². The fourth-order valence-electron chi connectivity index (χ4n) is 1.48. The lowest BCUT2D eigenvalue weighted by Crippen LogP contribution is -2.17. The fourth-order valence-corrected chi connectivity index (χ4v) is 3.20. The van der Waals surface area contributed by atoms with E-state index in [1.54, 1.807) is 23.5 Å². The molecular formula is C11H17NOS2. The molecule has 0 saturated heterocycles. The molecule has 0 amide bonds. The topological polar surface area (TPSA) is 32.3 Å². The van der Waals surface area contributed by atoms with E-state index in [0.717, 1.165) is 5.56 Å². The maximum Gasteiger partial charge on any atom is 0.0925 e. The summed E-state index contributed by atoms with van der Waals surface area (Å²) >= 11 is 3.41. The molecule has 0 bridgehead atoms. The molecule has 0 aliphatic rings. The normalized spacial score (nSPS) is 12.8. The van der Waals surface area contributed by atoms with Crippen LogP contribution in [0.5, 0.6) is 0 Å². The SMILES string of the molecule is CNCC(O)c1cccc(SC)c1SC. The highest BCUT2D eigenvalue weighted by Gasteiger charge is 2.13. The number of thioether (sulfide) groups is 2. The zero-order valence-corrected chi connectivity index (χ0v) is 10.9. The summed E-state index contributed by atoms with van der Waals surface area (Å²) in [5.41, 5.74) is 1.02. The lowest BCUT2D eigenvalue weighted by Gasteiger charge is -2.16. The number of hydrogen-bond donors (Lipinski definition) is 2. The van der Waals surface area contributed by atoms with Crippen LogP contribution in [0.3, 0.4) is 0 Å². The quantitative estimate of drug-likeness (QED) is 0.778. The molecule has 15 heavy (non-hydrogen) atoms. The van der Waals surface area contributed by atoms with Gasteiger partial charge < -0.3 is 10.4 Å². The Kier molecular flexibility index (Phi) is 5.53. The van der Waals surface area contributed by atoms with Gasteiger partial charge in [-0.05, 0) is 31.2 Å². The van der Waals surface area contributed by atoms with Gasteiger partial charge >= 0.3 is 0 Å². The van der Waals surface area contributed by atoms with Crippen LogP contribution in [0.1, 0.15) is 11.7 Å². The third-order valence-electron chi connectivity index (χ3n) is 2.19. The summed E-state index contributed by atoms with van der Waals surface area (Å²) in [5.74, 6) is 0. The summed E-state index contributed by atoms with van der Waals surface area (Å²) in [6.07, 6.45) is 3.68. The van der Waals surface area contributed by atoms with Gasteiger partial charge in [-0.15, -0.1) is 23.5 Å². The van der Waals surface area contributed by atoms with E-state index in [1.807, 2.05) is 25.4 Å². The van der Waals surface area contributed by atoms with Gasteiger partial charge in [-0.1, -0.05) is 12.1 Å². The van der Waals surface area contributed by atoms with Gasteiger partial charge in [-0.25, -0.2) is 0 Å². The summed E-state index contributed by atoms with van der Waals surface area (Å²) in [6.45, 7) is 0.589. The average Bonchev–Trinajstić information content (AvgIpc) is 2.28. The van der Waals surface area contributed by atoms with Crippen LogP contribution in [0.15, 0.2) is 28.0 Å². The van der Waals surface area contributed by atoms with Crippen molar-refractivity contribution in [3.05, 3.63) is 23.8 Å². The molecule has 0 saturated carbocycles. The molecule has 0 aromatic heterocycles. The molecule has 1 unspecified atom stereocenters. The van der Waals surface area contributed by atoms with Crippen molar-refractivity contribution in [2.24, 2.45) is 0 Å². The molecule has 0 aliphatic carbocycles. The van der Waals surface area contributed by atoms with Gasteiger partial charge in [-0.2, -0.15) is 0 Å². The summed E-state index contributed by atoms with van der Waals surface area (Å²) in [6, 6.07) is 6.08. The Labute approximate surface area is 99.8 Å².